The first kappa shape index (κ1) is 18.7. The van der Waals surface area contributed by atoms with Crippen molar-refractivity contribution in [3.8, 4) is 0 Å². The summed E-state index contributed by atoms with van der Waals surface area (Å²) in [6, 6.07) is 2.23. The van der Waals surface area contributed by atoms with E-state index in [2.05, 4.69) is 13.8 Å². The molecular weight excluding hydrogens is 329 g/mol. The average Bonchev–Trinajstić information content (AvgIpc) is 2.99. The van der Waals surface area contributed by atoms with Crippen molar-refractivity contribution in [2.75, 3.05) is 6.61 Å². The van der Waals surface area contributed by atoms with Gasteiger partial charge in [-0.1, -0.05) is 20.8 Å². The number of hydrogen-bond acceptors (Lipinski definition) is 2. The molecule has 1 aromatic rings. The van der Waals surface area contributed by atoms with E-state index in [4.69, 9.17) is 9.47 Å². The van der Waals surface area contributed by atoms with Gasteiger partial charge in [0.25, 0.3) is 0 Å². The summed E-state index contributed by atoms with van der Waals surface area (Å²) in [4.78, 5) is 0. The van der Waals surface area contributed by atoms with Crippen LogP contribution < -0.4 is 0 Å². The highest BCUT2D eigenvalue weighted by Crippen LogP contribution is 2.43. The van der Waals surface area contributed by atoms with E-state index in [-0.39, 0.29) is 12.0 Å². The second-order valence-electron chi connectivity index (χ2n) is 8.00. The molecule has 3 rings (SSSR count). The van der Waals surface area contributed by atoms with Crippen LogP contribution in [0.3, 0.4) is 0 Å². The highest BCUT2D eigenvalue weighted by Gasteiger charge is 2.44. The normalized spacial score (nSPS) is 31.0. The van der Waals surface area contributed by atoms with Gasteiger partial charge in [0.15, 0.2) is 23.2 Å². The summed E-state index contributed by atoms with van der Waals surface area (Å²) in [6.45, 7) is 6.88. The number of hydrogen-bond donors (Lipinski definition) is 0. The Morgan fingerprint density at radius 1 is 1.08 bits per heavy atom. The highest BCUT2D eigenvalue weighted by atomic mass is 19.2. The molecule has 1 spiro atoms. The molecule has 1 aliphatic heterocycles. The fourth-order valence-electron chi connectivity index (χ4n) is 4.02. The summed E-state index contributed by atoms with van der Waals surface area (Å²) in [5.74, 6) is -3.16. The third-order valence-electron chi connectivity index (χ3n) is 5.75. The molecule has 1 aliphatic carbocycles. The lowest BCUT2D eigenvalue weighted by Crippen LogP contribution is -2.36. The van der Waals surface area contributed by atoms with Crippen LogP contribution in [-0.2, 0) is 9.47 Å². The monoisotopic (exact) mass is 356 g/mol. The summed E-state index contributed by atoms with van der Waals surface area (Å²) >= 11 is 0. The molecule has 0 amide bonds. The van der Waals surface area contributed by atoms with Crippen LogP contribution in [0.15, 0.2) is 12.1 Å². The van der Waals surface area contributed by atoms with Gasteiger partial charge in [-0.15, -0.1) is 0 Å². The van der Waals surface area contributed by atoms with Crippen LogP contribution in [0.1, 0.15) is 64.4 Å². The van der Waals surface area contributed by atoms with Crippen LogP contribution in [0, 0.1) is 29.3 Å². The number of ether oxygens (including phenoxy) is 2. The van der Waals surface area contributed by atoms with E-state index in [9.17, 15) is 13.2 Å². The zero-order valence-corrected chi connectivity index (χ0v) is 15.2. The van der Waals surface area contributed by atoms with Gasteiger partial charge >= 0.3 is 0 Å². The Kier molecular flexibility index (Phi) is 5.45. The Morgan fingerprint density at radius 3 is 2.20 bits per heavy atom. The zero-order chi connectivity index (χ0) is 18.2. The first-order chi connectivity index (χ1) is 11.8. The second-order valence-corrected chi connectivity index (χ2v) is 8.00. The molecule has 1 saturated heterocycles. The Bertz CT molecular complexity index is 586. The third kappa shape index (κ3) is 4.03. The molecule has 2 aliphatic rings. The zero-order valence-electron chi connectivity index (χ0n) is 15.2. The maximum atomic E-state index is 13.4. The Balaban J connectivity index is 1.56. The van der Waals surface area contributed by atoms with Gasteiger partial charge in [-0.05, 0) is 54.7 Å². The Hall–Kier alpha value is -1.07. The molecule has 5 heteroatoms. The lowest BCUT2D eigenvalue weighted by atomic mass is 9.79. The van der Waals surface area contributed by atoms with Crippen LogP contribution >= 0.6 is 0 Å². The van der Waals surface area contributed by atoms with Crippen LogP contribution in [0.2, 0.25) is 0 Å². The molecule has 0 radical (unpaired) electrons. The lowest BCUT2D eigenvalue weighted by molar-refractivity contribution is -0.196. The number of rotatable bonds is 4. The minimum absolute atomic E-state index is 0.0162. The van der Waals surface area contributed by atoms with Crippen molar-refractivity contribution in [2.24, 2.45) is 11.8 Å². The first-order valence-electron chi connectivity index (χ1n) is 9.26. The molecule has 1 aromatic carbocycles. The van der Waals surface area contributed by atoms with E-state index < -0.39 is 23.2 Å². The lowest BCUT2D eigenvalue weighted by Gasteiger charge is -2.37. The predicted molar refractivity (Wildman–Crippen MR) is 89.7 cm³/mol. The van der Waals surface area contributed by atoms with E-state index in [0.29, 0.717) is 24.0 Å². The fourth-order valence-corrected chi connectivity index (χ4v) is 4.02. The molecule has 2 atom stereocenters. The van der Waals surface area contributed by atoms with Crippen LogP contribution in [0.25, 0.3) is 0 Å². The van der Waals surface area contributed by atoms with E-state index >= 15 is 0 Å². The largest absolute Gasteiger partial charge is 0.347 e. The minimum Gasteiger partial charge on any atom is -0.347 e. The van der Waals surface area contributed by atoms with Gasteiger partial charge in [-0.2, -0.15) is 0 Å². The summed E-state index contributed by atoms with van der Waals surface area (Å²) in [5, 5.41) is 0. The van der Waals surface area contributed by atoms with Crippen LogP contribution in [-0.4, -0.2) is 18.5 Å². The van der Waals surface area contributed by atoms with Gasteiger partial charge in [0.1, 0.15) is 0 Å². The van der Waals surface area contributed by atoms with Gasteiger partial charge in [-0.25, -0.2) is 13.2 Å². The van der Waals surface area contributed by atoms with Gasteiger partial charge in [0, 0.05) is 12.8 Å². The van der Waals surface area contributed by atoms with Gasteiger partial charge < -0.3 is 9.47 Å². The van der Waals surface area contributed by atoms with Crippen molar-refractivity contribution in [1.82, 2.24) is 0 Å². The molecule has 0 aromatic heterocycles. The minimum atomic E-state index is -1.40. The predicted octanol–water partition coefficient (Wildman–Crippen LogP) is 5.56. The first-order valence-corrected chi connectivity index (χ1v) is 9.26. The molecule has 1 heterocycles. The molecule has 25 heavy (non-hydrogen) atoms. The quantitative estimate of drug-likeness (QED) is 0.658. The average molecular weight is 356 g/mol. The molecule has 1 saturated carbocycles. The van der Waals surface area contributed by atoms with Crippen LogP contribution in [0.4, 0.5) is 13.2 Å². The standard InChI is InChI=1S/C20H27F3O2/c1-12(2)18-11-24-20(25-18)6-4-14(5-7-20)8-13(3)15-9-16(21)19(23)17(22)10-15/h9-10,12-14,18H,4-8,11H2,1-3H3/t13?,14?,18-,20?/m1/s1. The van der Waals surface area contributed by atoms with Crippen LogP contribution in [0.5, 0.6) is 0 Å². The maximum absolute atomic E-state index is 13.4. The van der Waals surface area contributed by atoms with Gasteiger partial charge in [0.05, 0.1) is 12.7 Å². The van der Waals surface area contributed by atoms with Crippen molar-refractivity contribution in [3.05, 3.63) is 35.1 Å². The fraction of sp³-hybridized carbons (Fsp3) is 0.700. The van der Waals surface area contributed by atoms with Crippen molar-refractivity contribution >= 4 is 0 Å². The van der Waals surface area contributed by atoms with E-state index in [0.717, 1.165) is 44.2 Å². The molecule has 140 valence electrons. The van der Waals surface area contributed by atoms with Gasteiger partial charge in [0.2, 0.25) is 0 Å². The van der Waals surface area contributed by atoms with E-state index in [1.807, 2.05) is 6.92 Å². The van der Waals surface area contributed by atoms with Crippen molar-refractivity contribution < 1.29 is 22.6 Å². The summed E-state index contributed by atoms with van der Waals surface area (Å²) < 4.78 is 52.1. The highest BCUT2D eigenvalue weighted by molar-refractivity contribution is 5.22. The third-order valence-corrected chi connectivity index (χ3v) is 5.75. The van der Waals surface area contributed by atoms with E-state index in [1.54, 1.807) is 0 Å². The number of halogens is 3. The van der Waals surface area contributed by atoms with Gasteiger partial charge in [-0.3, -0.25) is 0 Å². The Labute approximate surface area is 147 Å². The topological polar surface area (TPSA) is 18.5 Å². The summed E-state index contributed by atoms with van der Waals surface area (Å²) in [5.41, 5.74) is 0.518. The van der Waals surface area contributed by atoms with Crippen molar-refractivity contribution in [2.45, 2.75) is 70.7 Å². The van der Waals surface area contributed by atoms with Crippen molar-refractivity contribution in [1.29, 1.82) is 0 Å². The molecule has 0 N–H and O–H groups in total. The molecule has 2 nitrogen and oxygen atoms in total. The molecule has 2 fully saturated rings. The maximum Gasteiger partial charge on any atom is 0.194 e. The summed E-state index contributed by atoms with van der Waals surface area (Å²) in [7, 11) is 0. The molecule has 1 unspecified atom stereocenters. The Morgan fingerprint density at radius 2 is 1.68 bits per heavy atom. The smallest absolute Gasteiger partial charge is 0.194 e. The van der Waals surface area contributed by atoms with Crippen molar-refractivity contribution in [3.63, 3.8) is 0 Å². The SMILES string of the molecule is CC(CC1CCC2(CC1)OC[C@H](C(C)C)O2)c1cc(F)c(F)c(F)c1. The summed E-state index contributed by atoms with van der Waals surface area (Å²) in [6.07, 6.45) is 4.66. The molecular formula is C20H27F3O2. The second kappa shape index (κ2) is 7.28. The number of benzene rings is 1. The van der Waals surface area contributed by atoms with E-state index in [1.165, 1.54) is 0 Å². The molecule has 0 bridgehead atoms.